The van der Waals surface area contributed by atoms with E-state index in [-0.39, 0.29) is 6.04 Å². The van der Waals surface area contributed by atoms with Gasteiger partial charge in [0, 0.05) is 18.3 Å². The van der Waals surface area contributed by atoms with Crippen molar-refractivity contribution in [3.8, 4) is 0 Å². The summed E-state index contributed by atoms with van der Waals surface area (Å²) >= 11 is 0. The van der Waals surface area contributed by atoms with Gasteiger partial charge in [0.2, 0.25) is 5.91 Å². The fraction of sp³-hybridized carbons (Fsp3) is 0.625. The van der Waals surface area contributed by atoms with Crippen LogP contribution in [0.1, 0.15) is 38.7 Å². The number of halogens is 3. The summed E-state index contributed by atoms with van der Waals surface area (Å²) in [5.41, 5.74) is -1.57. The van der Waals surface area contributed by atoms with Gasteiger partial charge in [-0.3, -0.25) is 9.59 Å². The lowest BCUT2D eigenvalue weighted by Crippen LogP contribution is -2.45. The largest absolute Gasteiger partial charge is 0.417 e. The van der Waals surface area contributed by atoms with Crippen LogP contribution in [0.15, 0.2) is 23.1 Å². The van der Waals surface area contributed by atoms with Crippen LogP contribution >= 0.6 is 0 Å². The Kier molecular flexibility index (Phi) is 5.16. The van der Waals surface area contributed by atoms with E-state index in [4.69, 9.17) is 0 Å². The van der Waals surface area contributed by atoms with Gasteiger partial charge in [-0.1, -0.05) is 26.7 Å². The molecule has 1 fully saturated rings. The van der Waals surface area contributed by atoms with Gasteiger partial charge in [-0.05, 0) is 24.3 Å². The van der Waals surface area contributed by atoms with Gasteiger partial charge < -0.3 is 9.88 Å². The van der Waals surface area contributed by atoms with Crippen molar-refractivity contribution in [1.29, 1.82) is 0 Å². The van der Waals surface area contributed by atoms with Crippen molar-refractivity contribution in [2.24, 2.45) is 11.8 Å². The normalized spacial score (nSPS) is 25.2. The Bertz CT molecular complexity index is 624. The fourth-order valence-corrected chi connectivity index (χ4v) is 3.02. The van der Waals surface area contributed by atoms with Gasteiger partial charge in [-0.15, -0.1) is 0 Å². The minimum absolute atomic E-state index is 0.00718. The zero-order valence-electron chi connectivity index (χ0n) is 13.2. The molecule has 128 valence electrons. The van der Waals surface area contributed by atoms with Gasteiger partial charge >= 0.3 is 6.18 Å². The minimum atomic E-state index is -4.54. The Morgan fingerprint density at radius 1 is 1.30 bits per heavy atom. The van der Waals surface area contributed by atoms with Gasteiger partial charge in [-0.2, -0.15) is 13.2 Å². The van der Waals surface area contributed by atoms with Crippen LogP contribution in [-0.2, 0) is 17.5 Å². The molecule has 23 heavy (non-hydrogen) atoms. The van der Waals surface area contributed by atoms with Crippen LogP contribution in [0.4, 0.5) is 13.2 Å². The van der Waals surface area contributed by atoms with E-state index < -0.39 is 29.8 Å². The molecule has 1 heterocycles. The predicted molar refractivity (Wildman–Crippen MR) is 79.8 cm³/mol. The van der Waals surface area contributed by atoms with E-state index in [0.717, 1.165) is 36.0 Å². The zero-order valence-corrected chi connectivity index (χ0v) is 13.2. The molecule has 1 aliphatic carbocycles. The van der Waals surface area contributed by atoms with Crippen molar-refractivity contribution in [3.63, 3.8) is 0 Å². The SMILES string of the molecule is C[C@@H]1[C@H](C)CCC[C@@H]1NC(=O)Cn1cc(C(F)(F)F)ccc1=O. The topological polar surface area (TPSA) is 51.1 Å². The van der Waals surface area contributed by atoms with Crippen molar-refractivity contribution in [2.75, 3.05) is 0 Å². The van der Waals surface area contributed by atoms with E-state index in [0.29, 0.717) is 18.0 Å². The molecule has 0 saturated heterocycles. The zero-order chi connectivity index (χ0) is 17.2. The molecule has 1 amide bonds. The molecule has 1 saturated carbocycles. The van der Waals surface area contributed by atoms with E-state index in [9.17, 15) is 22.8 Å². The van der Waals surface area contributed by atoms with Crippen molar-refractivity contribution in [2.45, 2.75) is 51.9 Å². The molecule has 1 N–H and O–H groups in total. The van der Waals surface area contributed by atoms with Gasteiger partial charge in [0.05, 0.1) is 5.56 Å². The first-order valence-corrected chi connectivity index (χ1v) is 7.75. The van der Waals surface area contributed by atoms with Crippen LogP contribution in [0.2, 0.25) is 0 Å². The number of amides is 1. The lowest BCUT2D eigenvalue weighted by molar-refractivity contribution is -0.138. The highest BCUT2D eigenvalue weighted by Crippen LogP contribution is 2.30. The Hall–Kier alpha value is -1.79. The maximum atomic E-state index is 12.7. The third-order valence-corrected chi connectivity index (χ3v) is 4.68. The van der Waals surface area contributed by atoms with Crippen molar-refractivity contribution >= 4 is 5.91 Å². The number of pyridine rings is 1. The number of hydrogen-bond donors (Lipinski definition) is 1. The molecule has 0 bridgehead atoms. The fourth-order valence-electron chi connectivity index (χ4n) is 3.02. The Morgan fingerprint density at radius 3 is 2.65 bits per heavy atom. The van der Waals surface area contributed by atoms with Gasteiger partial charge in [0.15, 0.2) is 0 Å². The molecule has 0 aromatic carbocycles. The first-order valence-electron chi connectivity index (χ1n) is 7.75. The summed E-state index contributed by atoms with van der Waals surface area (Å²) in [7, 11) is 0. The number of hydrogen-bond acceptors (Lipinski definition) is 2. The average Bonchev–Trinajstić information content (AvgIpc) is 2.45. The number of aromatic nitrogens is 1. The van der Waals surface area contributed by atoms with Crippen molar-refractivity contribution < 1.29 is 18.0 Å². The lowest BCUT2D eigenvalue weighted by atomic mass is 9.78. The number of rotatable bonds is 3. The monoisotopic (exact) mass is 330 g/mol. The van der Waals surface area contributed by atoms with Gasteiger partial charge in [-0.25, -0.2) is 0 Å². The summed E-state index contributed by atoms with van der Waals surface area (Å²) in [6.45, 7) is 3.78. The Morgan fingerprint density at radius 2 is 2.00 bits per heavy atom. The molecular weight excluding hydrogens is 309 g/mol. The number of alkyl halides is 3. The van der Waals surface area contributed by atoms with Gasteiger partial charge in [0.1, 0.15) is 6.54 Å². The van der Waals surface area contributed by atoms with Crippen molar-refractivity contribution in [3.05, 3.63) is 34.2 Å². The quantitative estimate of drug-likeness (QED) is 0.926. The van der Waals surface area contributed by atoms with E-state index in [1.807, 2.05) is 0 Å². The summed E-state index contributed by atoms with van der Waals surface area (Å²) in [4.78, 5) is 23.8. The van der Waals surface area contributed by atoms with Gasteiger partial charge in [0.25, 0.3) is 5.56 Å². The smallest absolute Gasteiger partial charge is 0.352 e. The predicted octanol–water partition coefficient (Wildman–Crippen LogP) is 2.81. The van der Waals surface area contributed by atoms with E-state index in [1.165, 1.54) is 0 Å². The summed E-state index contributed by atoms with van der Waals surface area (Å²) < 4.78 is 38.9. The lowest BCUT2D eigenvalue weighted by Gasteiger charge is -2.34. The second-order valence-electron chi connectivity index (χ2n) is 6.32. The third-order valence-electron chi connectivity index (χ3n) is 4.68. The Balaban J connectivity index is 2.07. The summed E-state index contributed by atoms with van der Waals surface area (Å²) in [5, 5.41) is 2.85. The van der Waals surface area contributed by atoms with Crippen LogP contribution in [0.3, 0.4) is 0 Å². The number of nitrogens with zero attached hydrogens (tertiary/aromatic N) is 1. The van der Waals surface area contributed by atoms with Crippen LogP contribution < -0.4 is 10.9 Å². The average molecular weight is 330 g/mol. The summed E-state index contributed by atoms with van der Waals surface area (Å²) in [5.74, 6) is 0.369. The van der Waals surface area contributed by atoms with E-state index in [2.05, 4.69) is 19.2 Å². The second-order valence-corrected chi connectivity index (χ2v) is 6.32. The second kappa shape index (κ2) is 6.76. The molecule has 7 heteroatoms. The summed E-state index contributed by atoms with van der Waals surface area (Å²) in [6, 6.07) is 1.57. The molecule has 1 aromatic heterocycles. The first kappa shape index (κ1) is 17.6. The molecule has 1 aliphatic rings. The highest BCUT2D eigenvalue weighted by atomic mass is 19.4. The molecule has 0 unspecified atom stereocenters. The van der Waals surface area contributed by atoms with E-state index in [1.54, 1.807) is 0 Å². The Labute approximate surface area is 132 Å². The molecule has 4 nitrogen and oxygen atoms in total. The summed E-state index contributed by atoms with van der Waals surface area (Å²) in [6.07, 6.45) is -0.872. The van der Waals surface area contributed by atoms with Crippen LogP contribution in [0, 0.1) is 11.8 Å². The van der Waals surface area contributed by atoms with Crippen LogP contribution in [0.5, 0.6) is 0 Å². The molecule has 2 rings (SSSR count). The standard InChI is InChI=1S/C16H21F3N2O2/c1-10-4-3-5-13(11(10)2)20-14(22)9-21-8-12(16(17,18)19)6-7-15(21)23/h6-8,10-11,13H,3-5,9H2,1-2H3,(H,20,22)/t10-,11-,13+/m1/s1. The molecule has 0 spiro atoms. The molecule has 1 aromatic rings. The molecular formula is C16H21F3N2O2. The highest BCUT2D eigenvalue weighted by Gasteiger charge is 2.31. The van der Waals surface area contributed by atoms with E-state index >= 15 is 0 Å². The van der Waals surface area contributed by atoms with Crippen LogP contribution in [-0.4, -0.2) is 16.5 Å². The first-order chi connectivity index (χ1) is 10.7. The number of carbonyl (C=O) groups excluding carboxylic acids is 1. The highest BCUT2D eigenvalue weighted by molar-refractivity contribution is 5.76. The molecule has 0 radical (unpaired) electrons. The molecule has 3 atom stereocenters. The number of carbonyl (C=O) groups is 1. The maximum Gasteiger partial charge on any atom is 0.417 e. The molecule has 0 aliphatic heterocycles. The van der Waals surface area contributed by atoms with Crippen molar-refractivity contribution in [1.82, 2.24) is 9.88 Å². The van der Waals surface area contributed by atoms with Crippen LogP contribution in [0.25, 0.3) is 0 Å². The minimum Gasteiger partial charge on any atom is -0.352 e. The maximum absolute atomic E-state index is 12.7. The number of nitrogens with one attached hydrogen (secondary N) is 1. The third kappa shape index (κ3) is 4.36.